The first-order valence-electron chi connectivity index (χ1n) is 7.56. The highest BCUT2D eigenvalue weighted by atomic mass is 16.5. The summed E-state index contributed by atoms with van der Waals surface area (Å²) < 4.78 is 4.90. The van der Waals surface area contributed by atoms with Crippen molar-refractivity contribution in [1.29, 1.82) is 0 Å². The molecule has 0 radical (unpaired) electrons. The Morgan fingerprint density at radius 1 is 1.09 bits per heavy atom. The lowest BCUT2D eigenvalue weighted by Crippen LogP contribution is -2.21. The second-order valence-electron chi connectivity index (χ2n) is 6.07. The Kier molecular flexibility index (Phi) is 3.90. The summed E-state index contributed by atoms with van der Waals surface area (Å²) in [5.74, 6) is 0.0992. The molecule has 0 bridgehead atoms. The van der Waals surface area contributed by atoms with Gasteiger partial charge in [0.15, 0.2) is 5.82 Å². The summed E-state index contributed by atoms with van der Waals surface area (Å²) in [6.45, 7) is 5.71. The van der Waals surface area contributed by atoms with Gasteiger partial charge < -0.3 is 15.2 Å². The molecular formula is C17H19N3O3. The van der Waals surface area contributed by atoms with E-state index in [-0.39, 0.29) is 23.7 Å². The van der Waals surface area contributed by atoms with Gasteiger partial charge in [-0.15, -0.1) is 0 Å². The monoisotopic (exact) mass is 313 g/mol. The number of carbonyl (C=O) groups excluding carboxylic acids is 2. The predicted octanol–water partition coefficient (Wildman–Crippen LogP) is 2.81. The summed E-state index contributed by atoms with van der Waals surface area (Å²) in [6.07, 6.45) is 0.555. The standard InChI is InChI=1S/C17H19N3O3/c1-9-4-5-14(10(2)6-9)18-16(21)12-8-13(12)17(22)19-15-7-11(3)23-20-15/h4-7,12-13H,8H2,1-3H3,(H,18,21)(H,19,20,22). The van der Waals surface area contributed by atoms with Crippen molar-refractivity contribution in [1.82, 2.24) is 5.16 Å². The van der Waals surface area contributed by atoms with Crippen LogP contribution >= 0.6 is 0 Å². The Morgan fingerprint density at radius 2 is 1.78 bits per heavy atom. The SMILES string of the molecule is Cc1ccc(NC(=O)C2CC2C(=O)Nc2cc(C)on2)c(C)c1. The fraction of sp³-hybridized carbons (Fsp3) is 0.353. The van der Waals surface area contributed by atoms with Crippen LogP contribution in [0.25, 0.3) is 0 Å². The quantitative estimate of drug-likeness (QED) is 0.909. The van der Waals surface area contributed by atoms with Crippen molar-refractivity contribution in [3.05, 3.63) is 41.2 Å². The number of hydrogen-bond donors (Lipinski definition) is 2. The zero-order valence-electron chi connectivity index (χ0n) is 13.3. The van der Waals surface area contributed by atoms with Crippen molar-refractivity contribution in [2.45, 2.75) is 27.2 Å². The first-order chi connectivity index (χ1) is 10.9. The molecule has 0 spiro atoms. The summed E-state index contributed by atoms with van der Waals surface area (Å²) in [5.41, 5.74) is 2.95. The first-order valence-corrected chi connectivity index (χ1v) is 7.56. The number of hydrogen-bond acceptors (Lipinski definition) is 4. The average Bonchev–Trinajstić information content (AvgIpc) is 3.20. The minimum absolute atomic E-state index is 0.117. The van der Waals surface area contributed by atoms with Crippen LogP contribution in [-0.2, 0) is 9.59 Å². The molecule has 1 fully saturated rings. The molecule has 1 aliphatic carbocycles. The van der Waals surface area contributed by atoms with Crippen LogP contribution in [0.3, 0.4) is 0 Å². The minimum atomic E-state index is -0.308. The van der Waals surface area contributed by atoms with E-state index in [4.69, 9.17) is 4.52 Å². The van der Waals surface area contributed by atoms with Crippen LogP contribution in [0.1, 0.15) is 23.3 Å². The van der Waals surface area contributed by atoms with E-state index in [1.807, 2.05) is 32.0 Å². The Morgan fingerprint density at radius 3 is 2.39 bits per heavy atom. The van der Waals surface area contributed by atoms with E-state index in [1.165, 1.54) is 0 Å². The molecule has 3 rings (SSSR count). The largest absolute Gasteiger partial charge is 0.360 e. The summed E-state index contributed by atoms with van der Waals surface area (Å²) >= 11 is 0. The molecule has 2 unspecified atom stereocenters. The Hall–Kier alpha value is -2.63. The molecule has 2 N–H and O–H groups in total. The van der Waals surface area contributed by atoms with Gasteiger partial charge in [-0.05, 0) is 38.8 Å². The van der Waals surface area contributed by atoms with Crippen molar-refractivity contribution in [3.8, 4) is 0 Å². The second kappa shape index (κ2) is 5.87. The molecule has 2 atom stereocenters. The van der Waals surface area contributed by atoms with Crippen molar-refractivity contribution in [2.75, 3.05) is 10.6 Å². The van der Waals surface area contributed by atoms with Crippen molar-refractivity contribution < 1.29 is 14.1 Å². The molecule has 23 heavy (non-hydrogen) atoms. The second-order valence-corrected chi connectivity index (χ2v) is 6.07. The molecule has 1 aromatic heterocycles. The molecule has 6 heteroatoms. The fourth-order valence-electron chi connectivity index (χ4n) is 2.60. The molecule has 1 aromatic carbocycles. The van der Waals surface area contributed by atoms with E-state index in [2.05, 4.69) is 15.8 Å². The zero-order valence-corrected chi connectivity index (χ0v) is 13.3. The third-order valence-corrected chi connectivity index (χ3v) is 3.98. The minimum Gasteiger partial charge on any atom is -0.360 e. The fourth-order valence-corrected chi connectivity index (χ4v) is 2.60. The molecule has 1 aliphatic rings. The zero-order chi connectivity index (χ0) is 16.6. The van der Waals surface area contributed by atoms with Gasteiger partial charge in [0.05, 0.1) is 11.8 Å². The first kappa shape index (κ1) is 15.3. The number of nitrogens with one attached hydrogen (secondary N) is 2. The summed E-state index contributed by atoms with van der Waals surface area (Å²) in [4.78, 5) is 24.3. The van der Waals surface area contributed by atoms with E-state index in [1.54, 1.807) is 13.0 Å². The van der Waals surface area contributed by atoms with Crippen molar-refractivity contribution >= 4 is 23.3 Å². The highest BCUT2D eigenvalue weighted by Crippen LogP contribution is 2.40. The number of amides is 2. The van der Waals surface area contributed by atoms with Gasteiger partial charge in [-0.3, -0.25) is 9.59 Å². The Bertz CT molecular complexity index is 766. The molecule has 2 aromatic rings. The third kappa shape index (κ3) is 3.41. The lowest BCUT2D eigenvalue weighted by Gasteiger charge is -2.09. The average molecular weight is 313 g/mol. The third-order valence-electron chi connectivity index (χ3n) is 3.98. The number of rotatable bonds is 4. The predicted molar refractivity (Wildman–Crippen MR) is 86.0 cm³/mol. The van der Waals surface area contributed by atoms with E-state index in [0.29, 0.717) is 18.0 Å². The van der Waals surface area contributed by atoms with Crippen LogP contribution in [0.4, 0.5) is 11.5 Å². The molecule has 2 amide bonds. The van der Waals surface area contributed by atoms with Crippen LogP contribution < -0.4 is 10.6 Å². The van der Waals surface area contributed by atoms with E-state index in [9.17, 15) is 9.59 Å². The smallest absolute Gasteiger partial charge is 0.229 e. The lowest BCUT2D eigenvalue weighted by atomic mass is 10.1. The van der Waals surface area contributed by atoms with Crippen molar-refractivity contribution in [3.63, 3.8) is 0 Å². The Labute approximate surface area is 134 Å². The highest BCUT2D eigenvalue weighted by molar-refractivity contribution is 6.03. The van der Waals surface area contributed by atoms with Gasteiger partial charge in [-0.25, -0.2) is 0 Å². The van der Waals surface area contributed by atoms with E-state index in [0.717, 1.165) is 16.8 Å². The number of anilines is 2. The normalized spacial score (nSPS) is 19.3. The van der Waals surface area contributed by atoms with Gasteiger partial charge in [0.2, 0.25) is 11.8 Å². The topological polar surface area (TPSA) is 84.2 Å². The maximum atomic E-state index is 12.3. The van der Waals surface area contributed by atoms with Crippen LogP contribution in [0.15, 0.2) is 28.8 Å². The molecule has 0 aliphatic heterocycles. The summed E-state index contributed by atoms with van der Waals surface area (Å²) in [5, 5.41) is 9.28. The summed E-state index contributed by atoms with van der Waals surface area (Å²) in [6, 6.07) is 7.50. The summed E-state index contributed by atoms with van der Waals surface area (Å²) in [7, 11) is 0. The number of aromatic nitrogens is 1. The van der Waals surface area contributed by atoms with Gasteiger partial charge in [0.1, 0.15) is 5.76 Å². The van der Waals surface area contributed by atoms with E-state index < -0.39 is 0 Å². The van der Waals surface area contributed by atoms with Gasteiger partial charge in [-0.2, -0.15) is 0 Å². The van der Waals surface area contributed by atoms with Gasteiger partial charge in [-0.1, -0.05) is 22.9 Å². The number of aryl methyl sites for hydroxylation is 3. The molecule has 1 saturated carbocycles. The molecule has 6 nitrogen and oxygen atoms in total. The number of nitrogens with zero attached hydrogens (tertiary/aromatic N) is 1. The van der Waals surface area contributed by atoms with Gasteiger partial charge in [0, 0.05) is 11.8 Å². The highest BCUT2D eigenvalue weighted by Gasteiger charge is 2.48. The van der Waals surface area contributed by atoms with Crippen LogP contribution in [0, 0.1) is 32.6 Å². The molecular weight excluding hydrogens is 294 g/mol. The number of carbonyl (C=O) groups is 2. The van der Waals surface area contributed by atoms with Gasteiger partial charge >= 0.3 is 0 Å². The maximum Gasteiger partial charge on any atom is 0.229 e. The van der Waals surface area contributed by atoms with Gasteiger partial charge in [0.25, 0.3) is 0 Å². The number of benzene rings is 1. The van der Waals surface area contributed by atoms with E-state index >= 15 is 0 Å². The molecule has 0 saturated heterocycles. The van der Waals surface area contributed by atoms with Crippen molar-refractivity contribution in [2.24, 2.45) is 11.8 Å². The molecule has 1 heterocycles. The van der Waals surface area contributed by atoms with Crippen LogP contribution in [0.5, 0.6) is 0 Å². The molecule has 120 valence electrons. The Balaban J connectivity index is 1.57. The van der Waals surface area contributed by atoms with Crippen LogP contribution in [-0.4, -0.2) is 17.0 Å². The lowest BCUT2D eigenvalue weighted by molar-refractivity contribution is -0.122. The van der Waals surface area contributed by atoms with Crippen LogP contribution in [0.2, 0.25) is 0 Å². The maximum absolute atomic E-state index is 12.3.